The molecule has 0 amide bonds. The Morgan fingerprint density at radius 1 is 1.31 bits per heavy atom. The fourth-order valence-electron chi connectivity index (χ4n) is 1.78. The van der Waals surface area contributed by atoms with Crippen LogP contribution in [0.25, 0.3) is 0 Å². The summed E-state index contributed by atoms with van der Waals surface area (Å²) >= 11 is 0. The van der Waals surface area contributed by atoms with Crippen molar-refractivity contribution in [3.63, 3.8) is 0 Å². The van der Waals surface area contributed by atoms with Crippen molar-refractivity contribution in [3.8, 4) is 11.8 Å². The lowest BCUT2D eigenvalue weighted by atomic mass is 9.83. The third-order valence-corrected chi connectivity index (χ3v) is 2.59. The summed E-state index contributed by atoms with van der Waals surface area (Å²) in [5.74, 6) is 5.68. The second kappa shape index (κ2) is 5.26. The highest BCUT2D eigenvalue weighted by Gasteiger charge is 2.27. The standard InChI is InChI=1S/C11H19NO/c1-2-3-9-13-10-11(12)7-5-4-6-8-11/h4-10,12H2,1H3. The molecule has 13 heavy (non-hydrogen) atoms. The molecule has 0 unspecified atom stereocenters. The van der Waals surface area contributed by atoms with Crippen molar-refractivity contribution in [1.82, 2.24) is 0 Å². The van der Waals surface area contributed by atoms with Gasteiger partial charge in [-0.2, -0.15) is 0 Å². The molecule has 0 atom stereocenters. The van der Waals surface area contributed by atoms with Crippen LogP contribution in [0.15, 0.2) is 0 Å². The van der Waals surface area contributed by atoms with Crippen molar-refractivity contribution < 1.29 is 4.74 Å². The quantitative estimate of drug-likeness (QED) is 0.531. The molecule has 0 spiro atoms. The summed E-state index contributed by atoms with van der Waals surface area (Å²) in [6.45, 7) is 3.01. The molecule has 2 nitrogen and oxygen atoms in total. The van der Waals surface area contributed by atoms with Gasteiger partial charge < -0.3 is 10.5 Å². The van der Waals surface area contributed by atoms with Gasteiger partial charge in [-0.25, -0.2) is 0 Å². The lowest BCUT2D eigenvalue weighted by molar-refractivity contribution is 0.0885. The van der Waals surface area contributed by atoms with Crippen LogP contribution in [0, 0.1) is 11.8 Å². The first kappa shape index (κ1) is 10.6. The lowest BCUT2D eigenvalue weighted by Gasteiger charge is -2.32. The van der Waals surface area contributed by atoms with Crippen molar-refractivity contribution >= 4 is 0 Å². The van der Waals surface area contributed by atoms with Crippen LogP contribution in [0.4, 0.5) is 0 Å². The zero-order valence-corrected chi connectivity index (χ0v) is 8.44. The Hall–Kier alpha value is -0.520. The molecule has 0 radical (unpaired) electrons. The van der Waals surface area contributed by atoms with Gasteiger partial charge in [0, 0.05) is 5.54 Å². The highest BCUT2D eigenvalue weighted by Crippen LogP contribution is 2.25. The second-order valence-electron chi connectivity index (χ2n) is 3.84. The van der Waals surface area contributed by atoms with Gasteiger partial charge in [-0.3, -0.25) is 0 Å². The Labute approximate surface area is 80.8 Å². The van der Waals surface area contributed by atoms with Crippen LogP contribution in [-0.2, 0) is 4.74 Å². The van der Waals surface area contributed by atoms with Crippen LogP contribution in [0.3, 0.4) is 0 Å². The highest BCUT2D eigenvalue weighted by molar-refractivity contribution is 4.95. The zero-order valence-electron chi connectivity index (χ0n) is 8.44. The lowest BCUT2D eigenvalue weighted by Crippen LogP contribution is -2.46. The molecule has 0 aromatic heterocycles. The van der Waals surface area contributed by atoms with E-state index in [0.717, 1.165) is 12.8 Å². The average Bonchev–Trinajstić information content (AvgIpc) is 2.14. The SMILES string of the molecule is CC#CCOCC1(N)CCCCC1. The fourth-order valence-corrected chi connectivity index (χ4v) is 1.78. The van der Waals surface area contributed by atoms with Gasteiger partial charge in [0.25, 0.3) is 0 Å². The average molecular weight is 181 g/mol. The van der Waals surface area contributed by atoms with Crippen molar-refractivity contribution in [2.75, 3.05) is 13.2 Å². The van der Waals surface area contributed by atoms with Gasteiger partial charge in [0.05, 0.1) is 6.61 Å². The Bertz CT molecular complexity index is 196. The first-order valence-corrected chi connectivity index (χ1v) is 5.03. The van der Waals surface area contributed by atoms with E-state index in [0.29, 0.717) is 13.2 Å². The molecule has 0 aliphatic heterocycles. The molecule has 2 N–H and O–H groups in total. The van der Waals surface area contributed by atoms with E-state index in [1.165, 1.54) is 19.3 Å². The largest absolute Gasteiger partial charge is 0.367 e. The number of rotatable bonds is 3. The Morgan fingerprint density at radius 3 is 2.62 bits per heavy atom. The molecule has 0 bridgehead atoms. The number of ether oxygens (including phenoxy) is 1. The normalized spacial score (nSPS) is 20.5. The number of nitrogens with two attached hydrogens (primary N) is 1. The number of hydrogen-bond acceptors (Lipinski definition) is 2. The van der Waals surface area contributed by atoms with Crippen LogP contribution in [0.5, 0.6) is 0 Å². The summed E-state index contributed by atoms with van der Waals surface area (Å²) in [4.78, 5) is 0. The molecule has 0 saturated heterocycles. The van der Waals surface area contributed by atoms with Gasteiger partial charge in [0.2, 0.25) is 0 Å². The van der Waals surface area contributed by atoms with Gasteiger partial charge >= 0.3 is 0 Å². The molecular formula is C11H19NO. The first-order chi connectivity index (χ1) is 6.27. The van der Waals surface area contributed by atoms with E-state index in [2.05, 4.69) is 11.8 Å². The van der Waals surface area contributed by atoms with Gasteiger partial charge in [0.1, 0.15) is 6.61 Å². The van der Waals surface area contributed by atoms with E-state index < -0.39 is 0 Å². The predicted molar refractivity (Wildman–Crippen MR) is 54.3 cm³/mol. The summed E-state index contributed by atoms with van der Waals surface area (Å²) < 4.78 is 5.42. The second-order valence-corrected chi connectivity index (χ2v) is 3.84. The van der Waals surface area contributed by atoms with Crippen molar-refractivity contribution in [3.05, 3.63) is 0 Å². The molecule has 0 aromatic rings. The third kappa shape index (κ3) is 3.80. The summed E-state index contributed by atoms with van der Waals surface area (Å²) in [6.07, 6.45) is 6.03. The minimum absolute atomic E-state index is 0.0618. The topological polar surface area (TPSA) is 35.2 Å². The zero-order chi connectivity index (χ0) is 9.57. The van der Waals surface area contributed by atoms with Gasteiger partial charge in [-0.1, -0.05) is 25.2 Å². The van der Waals surface area contributed by atoms with E-state index in [9.17, 15) is 0 Å². The molecule has 1 aliphatic carbocycles. The third-order valence-electron chi connectivity index (χ3n) is 2.59. The van der Waals surface area contributed by atoms with Gasteiger partial charge in [-0.05, 0) is 19.8 Å². The smallest absolute Gasteiger partial charge is 0.107 e. The maximum Gasteiger partial charge on any atom is 0.107 e. The van der Waals surface area contributed by atoms with E-state index in [4.69, 9.17) is 10.5 Å². The Balaban J connectivity index is 2.19. The maximum absolute atomic E-state index is 6.17. The Morgan fingerprint density at radius 2 is 2.00 bits per heavy atom. The molecule has 74 valence electrons. The van der Waals surface area contributed by atoms with Crippen LogP contribution in [0.1, 0.15) is 39.0 Å². The van der Waals surface area contributed by atoms with E-state index >= 15 is 0 Å². The molecule has 0 heterocycles. The maximum atomic E-state index is 6.17. The molecule has 1 fully saturated rings. The monoisotopic (exact) mass is 181 g/mol. The predicted octanol–water partition coefficient (Wildman–Crippen LogP) is 1.69. The molecule has 2 heteroatoms. The minimum Gasteiger partial charge on any atom is -0.367 e. The molecule has 1 saturated carbocycles. The fraction of sp³-hybridized carbons (Fsp3) is 0.818. The Kier molecular flexibility index (Phi) is 4.27. The highest BCUT2D eigenvalue weighted by atomic mass is 16.5. The summed E-state index contributed by atoms with van der Waals surface area (Å²) in [7, 11) is 0. The minimum atomic E-state index is -0.0618. The van der Waals surface area contributed by atoms with E-state index in [1.54, 1.807) is 0 Å². The summed E-state index contributed by atoms with van der Waals surface area (Å²) in [5, 5.41) is 0. The molecule has 1 aliphatic rings. The van der Waals surface area contributed by atoms with Crippen LogP contribution in [0.2, 0.25) is 0 Å². The summed E-state index contributed by atoms with van der Waals surface area (Å²) in [6, 6.07) is 0. The van der Waals surface area contributed by atoms with Crippen molar-refractivity contribution in [2.45, 2.75) is 44.6 Å². The molecule has 0 aromatic carbocycles. The first-order valence-electron chi connectivity index (χ1n) is 5.03. The van der Waals surface area contributed by atoms with Gasteiger partial charge in [0.15, 0.2) is 0 Å². The van der Waals surface area contributed by atoms with Crippen molar-refractivity contribution in [2.24, 2.45) is 5.73 Å². The summed E-state index contributed by atoms with van der Waals surface area (Å²) in [5.41, 5.74) is 6.11. The molecular weight excluding hydrogens is 162 g/mol. The van der Waals surface area contributed by atoms with Gasteiger partial charge in [-0.15, -0.1) is 5.92 Å². The molecule has 1 rings (SSSR count). The number of hydrogen-bond donors (Lipinski definition) is 1. The van der Waals surface area contributed by atoms with E-state index in [-0.39, 0.29) is 5.54 Å². The van der Waals surface area contributed by atoms with Crippen molar-refractivity contribution in [1.29, 1.82) is 0 Å². The van der Waals surface area contributed by atoms with Crippen LogP contribution < -0.4 is 5.73 Å². The van der Waals surface area contributed by atoms with Crippen LogP contribution in [-0.4, -0.2) is 18.8 Å². The van der Waals surface area contributed by atoms with E-state index in [1.807, 2.05) is 6.92 Å². The van der Waals surface area contributed by atoms with Crippen LogP contribution >= 0.6 is 0 Å².